The van der Waals surface area contributed by atoms with E-state index in [1.54, 1.807) is 36.4 Å². The van der Waals surface area contributed by atoms with Crippen molar-refractivity contribution in [3.63, 3.8) is 0 Å². The second kappa shape index (κ2) is 8.49. The average Bonchev–Trinajstić information content (AvgIpc) is 2.66. The summed E-state index contributed by atoms with van der Waals surface area (Å²) < 4.78 is 0. The molecule has 28 heavy (non-hydrogen) atoms. The van der Waals surface area contributed by atoms with Gasteiger partial charge in [0.15, 0.2) is 0 Å². The third-order valence-electron chi connectivity index (χ3n) is 3.79. The monoisotopic (exact) mass is 395 g/mol. The normalized spacial score (nSPS) is 10.2. The molecule has 0 aliphatic heterocycles. The largest absolute Gasteiger partial charge is 0.339 e. The van der Waals surface area contributed by atoms with E-state index in [2.05, 4.69) is 25.9 Å². The van der Waals surface area contributed by atoms with Crippen molar-refractivity contribution in [3.8, 4) is 0 Å². The quantitative estimate of drug-likeness (QED) is 0.595. The summed E-state index contributed by atoms with van der Waals surface area (Å²) >= 11 is 6.07. The van der Waals surface area contributed by atoms with E-state index < -0.39 is 0 Å². The summed E-state index contributed by atoms with van der Waals surface area (Å²) in [4.78, 5) is 31.7. The van der Waals surface area contributed by atoms with Gasteiger partial charge in [0.25, 0.3) is 5.91 Å². The first-order valence-corrected chi connectivity index (χ1v) is 8.83. The zero-order valence-electron chi connectivity index (χ0n) is 15.3. The molecule has 3 N–H and O–H groups in total. The van der Waals surface area contributed by atoms with Gasteiger partial charge in [-0.15, -0.1) is 0 Å². The first-order chi connectivity index (χ1) is 13.4. The molecule has 0 saturated carbocycles. The lowest BCUT2D eigenvalue weighted by Gasteiger charge is -2.08. The number of amides is 2. The Hall–Kier alpha value is -3.45. The van der Waals surface area contributed by atoms with Crippen LogP contribution in [0.25, 0.3) is 0 Å². The van der Waals surface area contributed by atoms with Crippen LogP contribution >= 0.6 is 11.6 Å². The number of nitrogens with zero attached hydrogens (tertiary/aromatic N) is 2. The summed E-state index contributed by atoms with van der Waals surface area (Å²) in [5.74, 6) is -0.0193. The number of carbonyl (C=O) groups excluding carboxylic acids is 2. The molecule has 0 unspecified atom stereocenters. The topological polar surface area (TPSA) is 96.0 Å². The van der Waals surface area contributed by atoms with Gasteiger partial charge in [0.05, 0.1) is 12.4 Å². The number of hydrogen-bond acceptors (Lipinski definition) is 5. The third-order valence-corrected chi connectivity index (χ3v) is 4.20. The number of rotatable bonds is 5. The van der Waals surface area contributed by atoms with E-state index in [-0.39, 0.29) is 17.5 Å². The van der Waals surface area contributed by atoms with Crippen molar-refractivity contribution in [2.24, 2.45) is 0 Å². The number of benzene rings is 2. The van der Waals surface area contributed by atoms with Gasteiger partial charge >= 0.3 is 0 Å². The maximum absolute atomic E-state index is 12.3. The summed E-state index contributed by atoms with van der Waals surface area (Å²) in [7, 11) is 0. The molecule has 0 radical (unpaired) electrons. The first-order valence-electron chi connectivity index (χ1n) is 8.45. The number of aryl methyl sites for hydroxylation is 1. The highest BCUT2D eigenvalue weighted by molar-refractivity contribution is 6.31. The minimum absolute atomic E-state index is 0.131. The minimum atomic E-state index is -0.376. The summed E-state index contributed by atoms with van der Waals surface area (Å²) in [6, 6.07) is 12.4. The van der Waals surface area contributed by atoms with Crippen molar-refractivity contribution < 1.29 is 9.59 Å². The Morgan fingerprint density at radius 3 is 2.18 bits per heavy atom. The summed E-state index contributed by atoms with van der Waals surface area (Å²) in [5.41, 5.74) is 3.18. The van der Waals surface area contributed by atoms with Gasteiger partial charge in [-0.3, -0.25) is 9.59 Å². The van der Waals surface area contributed by atoms with Gasteiger partial charge < -0.3 is 16.0 Å². The maximum Gasteiger partial charge on any atom is 0.275 e. The number of carbonyl (C=O) groups is 2. The van der Waals surface area contributed by atoms with Crippen molar-refractivity contribution in [3.05, 3.63) is 71.1 Å². The highest BCUT2D eigenvalue weighted by Crippen LogP contribution is 2.21. The number of aromatic nitrogens is 2. The van der Waals surface area contributed by atoms with E-state index in [0.717, 1.165) is 11.3 Å². The van der Waals surface area contributed by atoms with Crippen LogP contribution in [-0.4, -0.2) is 21.8 Å². The molecule has 3 rings (SSSR count). The van der Waals surface area contributed by atoms with Gasteiger partial charge in [-0.1, -0.05) is 17.7 Å². The molecule has 8 heteroatoms. The van der Waals surface area contributed by atoms with E-state index >= 15 is 0 Å². The fourth-order valence-electron chi connectivity index (χ4n) is 2.36. The maximum atomic E-state index is 12.3. The van der Waals surface area contributed by atoms with E-state index in [0.29, 0.717) is 22.2 Å². The number of halogens is 1. The Balaban J connectivity index is 1.63. The molecule has 0 spiro atoms. The predicted octanol–water partition coefficient (Wildman–Crippen LogP) is 4.39. The van der Waals surface area contributed by atoms with Crippen molar-refractivity contribution in [2.75, 3.05) is 16.0 Å². The van der Waals surface area contributed by atoms with E-state index in [1.165, 1.54) is 19.3 Å². The lowest BCUT2D eigenvalue weighted by atomic mass is 10.2. The zero-order valence-corrected chi connectivity index (χ0v) is 16.0. The van der Waals surface area contributed by atoms with Crippen LogP contribution in [0.1, 0.15) is 23.0 Å². The minimum Gasteiger partial charge on any atom is -0.339 e. The Morgan fingerprint density at radius 2 is 1.57 bits per heavy atom. The van der Waals surface area contributed by atoms with Gasteiger partial charge in [0.2, 0.25) is 5.91 Å². The molecule has 3 aromatic rings. The molecular formula is C20H18ClN5O2. The van der Waals surface area contributed by atoms with E-state index in [1.807, 2.05) is 13.0 Å². The van der Waals surface area contributed by atoms with Crippen LogP contribution < -0.4 is 16.0 Å². The molecule has 0 aliphatic carbocycles. The Bertz CT molecular complexity index is 1000. The Kier molecular flexibility index (Phi) is 5.86. The van der Waals surface area contributed by atoms with Crippen LogP contribution in [0.4, 0.5) is 22.9 Å². The van der Waals surface area contributed by atoms with Crippen molar-refractivity contribution in [1.82, 2.24) is 9.97 Å². The molecule has 7 nitrogen and oxygen atoms in total. The second-order valence-corrected chi connectivity index (χ2v) is 6.50. The molecule has 0 aliphatic rings. The van der Waals surface area contributed by atoms with Gasteiger partial charge in [0, 0.05) is 29.0 Å². The highest BCUT2D eigenvalue weighted by atomic mass is 35.5. The highest BCUT2D eigenvalue weighted by Gasteiger charge is 2.09. The van der Waals surface area contributed by atoms with Crippen molar-refractivity contribution >= 4 is 46.3 Å². The van der Waals surface area contributed by atoms with Crippen LogP contribution in [0, 0.1) is 6.92 Å². The van der Waals surface area contributed by atoms with Gasteiger partial charge in [-0.05, 0) is 48.9 Å². The molecule has 0 saturated heterocycles. The molecule has 0 fully saturated rings. The molecule has 1 heterocycles. The summed E-state index contributed by atoms with van der Waals surface area (Å²) in [6.45, 7) is 3.34. The second-order valence-electron chi connectivity index (χ2n) is 6.09. The Morgan fingerprint density at radius 1 is 0.893 bits per heavy atom. The van der Waals surface area contributed by atoms with E-state index in [4.69, 9.17) is 11.6 Å². The van der Waals surface area contributed by atoms with E-state index in [9.17, 15) is 9.59 Å². The fraction of sp³-hybridized carbons (Fsp3) is 0.100. The molecule has 2 aromatic carbocycles. The zero-order chi connectivity index (χ0) is 20.1. The van der Waals surface area contributed by atoms with Crippen LogP contribution in [0.3, 0.4) is 0 Å². The molecule has 142 valence electrons. The molecule has 2 amide bonds. The van der Waals surface area contributed by atoms with Gasteiger partial charge in [-0.25, -0.2) is 9.97 Å². The van der Waals surface area contributed by atoms with Crippen LogP contribution in [-0.2, 0) is 4.79 Å². The van der Waals surface area contributed by atoms with Gasteiger partial charge in [-0.2, -0.15) is 0 Å². The lowest BCUT2D eigenvalue weighted by Crippen LogP contribution is -2.14. The molecule has 1 aromatic heterocycles. The average molecular weight is 396 g/mol. The van der Waals surface area contributed by atoms with Crippen LogP contribution in [0.2, 0.25) is 5.02 Å². The SMILES string of the molecule is CC(=O)Nc1ccc(Nc2cnc(C(=O)Nc3ccc(C)c(Cl)c3)cn2)cc1. The lowest BCUT2D eigenvalue weighted by molar-refractivity contribution is -0.114. The smallest absolute Gasteiger partial charge is 0.275 e. The van der Waals surface area contributed by atoms with Crippen molar-refractivity contribution in [2.45, 2.75) is 13.8 Å². The molecular weight excluding hydrogens is 378 g/mol. The first kappa shape index (κ1) is 19.3. The standard InChI is InChI=1S/C20H18ClN5O2/c1-12-3-4-16(9-17(12)21)26-20(28)18-10-23-19(11-22-18)25-15-7-5-14(6-8-15)24-13(2)27/h3-11H,1-2H3,(H,23,25)(H,24,27)(H,26,28). The van der Waals surface area contributed by atoms with Crippen LogP contribution in [0.5, 0.6) is 0 Å². The third kappa shape index (κ3) is 5.05. The predicted molar refractivity (Wildman–Crippen MR) is 110 cm³/mol. The number of nitrogens with one attached hydrogen (secondary N) is 3. The van der Waals surface area contributed by atoms with Crippen molar-refractivity contribution in [1.29, 1.82) is 0 Å². The van der Waals surface area contributed by atoms with Gasteiger partial charge in [0.1, 0.15) is 11.5 Å². The number of hydrogen-bond donors (Lipinski definition) is 3. The summed E-state index contributed by atoms with van der Waals surface area (Å²) in [5, 5.41) is 9.09. The Labute approximate surface area is 167 Å². The molecule has 0 bridgehead atoms. The van der Waals surface area contributed by atoms with Crippen LogP contribution in [0.15, 0.2) is 54.9 Å². The fourth-order valence-corrected chi connectivity index (χ4v) is 2.54. The number of anilines is 4. The molecule has 0 atom stereocenters. The summed E-state index contributed by atoms with van der Waals surface area (Å²) in [6.07, 6.45) is 2.86.